The van der Waals surface area contributed by atoms with Gasteiger partial charge in [-0.25, -0.2) is 0 Å². The second-order valence-corrected chi connectivity index (χ2v) is 7.63. The lowest BCUT2D eigenvalue weighted by atomic mass is 10.1. The van der Waals surface area contributed by atoms with Crippen LogP contribution in [0.1, 0.15) is 24.8 Å². The Morgan fingerprint density at radius 2 is 1.84 bits per heavy atom. The molecule has 3 heterocycles. The molecule has 0 saturated heterocycles. The van der Waals surface area contributed by atoms with Crippen molar-refractivity contribution < 1.29 is 4.52 Å². The molecule has 5 rings (SSSR count). The summed E-state index contributed by atoms with van der Waals surface area (Å²) in [4.78, 5) is 23.7. The molecule has 0 bridgehead atoms. The second-order valence-electron chi connectivity index (χ2n) is 7.63. The molecule has 0 radical (unpaired) electrons. The molecule has 0 atom stereocenters. The number of pyridine rings is 1. The lowest BCUT2D eigenvalue weighted by Gasteiger charge is -2.17. The highest BCUT2D eigenvalue weighted by molar-refractivity contribution is 5.60. The fourth-order valence-electron chi connectivity index (χ4n) is 3.41. The van der Waals surface area contributed by atoms with Crippen molar-refractivity contribution in [3.8, 4) is 23.2 Å². The van der Waals surface area contributed by atoms with Crippen molar-refractivity contribution in [3.05, 3.63) is 54.2 Å². The molecule has 0 amide bonds. The van der Waals surface area contributed by atoms with E-state index in [-0.39, 0.29) is 17.6 Å². The Bertz CT molecular complexity index is 1190. The van der Waals surface area contributed by atoms with Crippen molar-refractivity contribution >= 4 is 17.6 Å². The third kappa shape index (κ3) is 4.20. The van der Waals surface area contributed by atoms with Gasteiger partial charge >= 0.3 is 0 Å². The summed E-state index contributed by atoms with van der Waals surface area (Å²) in [5, 5.41) is 4.07. The zero-order valence-corrected chi connectivity index (χ0v) is 17.1. The van der Waals surface area contributed by atoms with Gasteiger partial charge in [0.15, 0.2) is 0 Å². The van der Waals surface area contributed by atoms with Crippen molar-refractivity contribution in [1.82, 2.24) is 30.1 Å². The highest BCUT2D eigenvalue weighted by atomic mass is 16.5. The average Bonchev–Trinajstić information content (AvgIpc) is 3.51. The third-order valence-electron chi connectivity index (χ3n) is 5.32. The number of aromatic nitrogens is 6. The number of nitrogens with two attached hydrogens (primary N) is 1. The zero-order valence-electron chi connectivity index (χ0n) is 17.1. The van der Waals surface area contributed by atoms with Gasteiger partial charge < -0.3 is 15.2 Å². The molecule has 9 heteroatoms. The summed E-state index contributed by atoms with van der Waals surface area (Å²) in [5.74, 6) is 2.14. The largest absolute Gasteiger partial charge is 0.368 e. The number of nitrogens with zero attached hydrogens (tertiary/aromatic N) is 7. The second kappa shape index (κ2) is 8.10. The molecule has 0 unspecified atom stereocenters. The first-order chi connectivity index (χ1) is 15.2. The summed E-state index contributed by atoms with van der Waals surface area (Å²) in [5.41, 5.74) is 8.66. The molecule has 0 spiro atoms. The van der Waals surface area contributed by atoms with Gasteiger partial charge in [-0.3, -0.25) is 4.98 Å². The van der Waals surface area contributed by atoms with Crippen molar-refractivity contribution in [2.75, 3.05) is 17.7 Å². The van der Waals surface area contributed by atoms with E-state index in [1.807, 2.05) is 48.3 Å². The van der Waals surface area contributed by atoms with E-state index >= 15 is 0 Å². The number of nitrogen functional groups attached to an aromatic ring is 1. The maximum Gasteiger partial charge on any atom is 0.277 e. The molecule has 1 aromatic carbocycles. The fourth-order valence-corrected chi connectivity index (χ4v) is 3.41. The van der Waals surface area contributed by atoms with Crippen LogP contribution in [0, 0.1) is 5.92 Å². The van der Waals surface area contributed by atoms with Crippen LogP contribution in [0.4, 0.5) is 17.6 Å². The smallest absolute Gasteiger partial charge is 0.277 e. The van der Waals surface area contributed by atoms with Gasteiger partial charge in [-0.2, -0.15) is 19.9 Å². The summed E-state index contributed by atoms with van der Waals surface area (Å²) in [6.07, 6.45) is 6.46. The molecule has 4 aromatic rings. The van der Waals surface area contributed by atoms with Gasteiger partial charge in [0.05, 0.1) is 0 Å². The minimum Gasteiger partial charge on any atom is -0.368 e. The van der Waals surface area contributed by atoms with Crippen LogP contribution in [0.5, 0.6) is 0 Å². The summed E-state index contributed by atoms with van der Waals surface area (Å²) >= 11 is 0. The van der Waals surface area contributed by atoms with Gasteiger partial charge in [-0.15, -0.1) is 0 Å². The van der Waals surface area contributed by atoms with E-state index in [0.29, 0.717) is 17.5 Å². The summed E-state index contributed by atoms with van der Waals surface area (Å²) in [7, 11) is 1.86. The van der Waals surface area contributed by atoms with Crippen LogP contribution in [0.3, 0.4) is 0 Å². The Morgan fingerprint density at radius 3 is 2.65 bits per heavy atom. The fraction of sp³-hybridized carbons (Fsp3) is 0.273. The Kier molecular flexibility index (Phi) is 4.99. The molecular formula is C22H22N8O. The lowest BCUT2D eigenvalue weighted by molar-refractivity contribution is 0.430. The van der Waals surface area contributed by atoms with Crippen LogP contribution >= 0.6 is 0 Å². The van der Waals surface area contributed by atoms with E-state index in [0.717, 1.165) is 30.0 Å². The molecule has 31 heavy (non-hydrogen) atoms. The third-order valence-corrected chi connectivity index (χ3v) is 5.32. The molecule has 2 N–H and O–H groups in total. The Labute approximate surface area is 179 Å². The molecule has 0 aliphatic heterocycles. The van der Waals surface area contributed by atoms with Crippen LogP contribution in [0.2, 0.25) is 0 Å². The van der Waals surface area contributed by atoms with Crippen molar-refractivity contribution in [2.24, 2.45) is 5.92 Å². The highest BCUT2D eigenvalue weighted by Gasteiger charge is 2.23. The summed E-state index contributed by atoms with van der Waals surface area (Å²) in [6, 6.07) is 13.7. The molecule has 1 aliphatic rings. The Morgan fingerprint density at radius 1 is 1.00 bits per heavy atom. The highest BCUT2D eigenvalue weighted by Crippen LogP contribution is 2.34. The van der Waals surface area contributed by atoms with E-state index < -0.39 is 0 Å². The number of hydrogen-bond acceptors (Lipinski definition) is 9. The summed E-state index contributed by atoms with van der Waals surface area (Å²) < 4.78 is 5.51. The Balaban J connectivity index is 1.44. The predicted octanol–water partition coefficient (Wildman–Crippen LogP) is 3.68. The first kappa shape index (κ1) is 19.1. The average molecular weight is 414 g/mol. The van der Waals surface area contributed by atoms with Crippen LogP contribution in [-0.2, 0) is 6.42 Å². The van der Waals surface area contributed by atoms with E-state index in [1.54, 1.807) is 6.20 Å². The number of benzene rings is 1. The standard InChI is InChI=1S/C22H22N8O/c1-30(16-7-3-2-4-8-16)22-27-18(26-21(23)28-22)19-25-20(31-29-19)17-15(6-5-13-24-17)12-11-14-9-10-14/h2-8,13-14H,9-12H2,1H3,(H2,23,26,27,28). The van der Waals surface area contributed by atoms with E-state index in [2.05, 4.69) is 36.1 Å². The molecular weight excluding hydrogens is 392 g/mol. The maximum absolute atomic E-state index is 5.94. The number of hydrogen-bond donors (Lipinski definition) is 1. The maximum atomic E-state index is 5.94. The number of para-hydroxylation sites is 1. The number of anilines is 3. The van der Waals surface area contributed by atoms with Crippen LogP contribution in [0.25, 0.3) is 23.2 Å². The van der Waals surface area contributed by atoms with E-state index in [1.165, 1.54) is 12.8 Å². The predicted molar refractivity (Wildman–Crippen MR) is 116 cm³/mol. The molecule has 1 fully saturated rings. The Hall–Kier alpha value is -3.88. The van der Waals surface area contributed by atoms with E-state index in [4.69, 9.17) is 10.3 Å². The number of rotatable bonds is 7. The van der Waals surface area contributed by atoms with Gasteiger partial charge in [-0.1, -0.05) is 42.3 Å². The zero-order chi connectivity index (χ0) is 21.2. The molecule has 3 aromatic heterocycles. The van der Waals surface area contributed by atoms with Crippen molar-refractivity contribution in [1.29, 1.82) is 0 Å². The van der Waals surface area contributed by atoms with Crippen LogP contribution in [0.15, 0.2) is 53.2 Å². The molecule has 1 saturated carbocycles. The van der Waals surface area contributed by atoms with Gasteiger partial charge in [0.1, 0.15) is 5.69 Å². The normalized spacial score (nSPS) is 13.3. The first-order valence-corrected chi connectivity index (χ1v) is 10.3. The monoisotopic (exact) mass is 414 g/mol. The van der Waals surface area contributed by atoms with Gasteiger partial charge in [0.25, 0.3) is 5.89 Å². The molecule has 156 valence electrons. The minimum absolute atomic E-state index is 0.0806. The van der Waals surface area contributed by atoms with Gasteiger partial charge in [0.2, 0.25) is 23.5 Å². The van der Waals surface area contributed by atoms with E-state index in [9.17, 15) is 0 Å². The minimum atomic E-state index is 0.0806. The van der Waals surface area contributed by atoms with Crippen LogP contribution in [-0.4, -0.2) is 37.1 Å². The topological polar surface area (TPSA) is 120 Å². The molecule has 9 nitrogen and oxygen atoms in total. The SMILES string of the molecule is CN(c1ccccc1)c1nc(N)nc(-c2noc(-c3ncccc3CCC3CC3)n2)n1. The van der Waals surface area contributed by atoms with Crippen molar-refractivity contribution in [2.45, 2.75) is 25.7 Å². The number of aryl methyl sites for hydroxylation is 1. The first-order valence-electron chi connectivity index (χ1n) is 10.3. The summed E-state index contributed by atoms with van der Waals surface area (Å²) in [6.45, 7) is 0. The van der Waals surface area contributed by atoms with Crippen molar-refractivity contribution in [3.63, 3.8) is 0 Å². The quantitative estimate of drug-likeness (QED) is 0.483. The molecule has 1 aliphatic carbocycles. The van der Waals surface area contributed by atoms with Gasteiger partial charge in [0, 0.05) is 18.9 Å². The van der Waals surface area contributed by atoms with Crippen LogP contribution < -0.4 is 10.6 Å². The van der Waals surface area contributed by atoms with Gasteiger partial charge in [-0.05, 0) is 42.5 Å². The lowest BCUT2D eigenvalue weighted by Crippen LogP contribution is -2.15.